The Labute approximate surface area is 139 Å². The van der Waals surface area contributed by atoms with Gasteiger partial charge in [0.1, 0.15) is 5.69 Å². The topological polar surface area (TPSA) is 44.5 Å². The lowest BCUT2D eigenvalue weighted by atomic mass is 10.1. The second-order valence-electron chi connectivity index (χ2n) is 4.87. The van der Waals surface area contributed by atoms with Gasteiger partial charge in [0.25, 0.3) is 0 Å². The summed E-state index contributed by atoms with van der Waals surface area (Å²) in [4.78, 5) is 1.22. The van der Waals surface area contributed by atoms with E-state index < -0.39 is 0 Å². The summed E-state index contributed by atoms with van der Waals surface area (Å²) in [7, 11) is 3.23. The quantitative estimate of drug-likeness (QED) is 0.633. The van der Waals surface area contributed by atoms with Gasteiger partial charge in [-0.15, -0.1) is 11.8 Å². The van der Waals surface area contributed by atoms with Crippen LogP contribution in [-0.4, -0.2) is 25.6 Å². The van der Waals surface area contributed by atoms with E-state index in [4.69, 9.17) is 14.0 Å². The molecule has 118 valence electrons. The average Bonchev–Trinajstić information content (AvgIpc) is 3.11. The lowest BCUT2D eigenvalue weighted by Gasteiger charge is -2.07. The van der Waals surface area contributed by atoms with Gasteiger partial charge in [0.2, 0.25) is 0 Å². The van der Waals surface area contributed by atoms with Gasteiger partial charge in [-0.05, 0) is 36.6 Å². The minimum atomic E-state index is 0.660. The number of nitrogens with zero attached hydrogens (tertiary/aromatic N) is 1. The van der Waals surface area contributed by atoms with Crippen LogP contribution in [-0.2, 0) is 0 Å². The number of aromatic nitrogens is 1. The Morgan fingerprint density at radius 1 is 0.870 bits per heavy atom. The molecule has 3 aromatic rings. The normalized spacial score (nSPS) is 10.6. The molecule has 0 aliphatic rings. The molecule has 0 radical (unpaired) electrons. The van der Waals surface area contributed by atoms with Crippen molar-refractivity contribution in [2.24, 2.45) is 0 Å². The van der Waals surface area contributed by atoms with Crippen molar-refractivity contribution in [3.63, 3.8) is 0 Å². The Balaban J connectivity index is 1.92. The number of ether oxygens (including phenoxy) is 2. The number of hydrogen-bond acceptors (Lipinski definition) is 5. The van der Waals surface area contributed by atoms with E-state index in [1.807, 2.05) is 36.4 Å². The number of methoxy groups -OCH3 is 2. The van der Waals surface area contributed by atoms with Crippen LogP contribution in [0.25, 0.3) is 22.6 Å². The molecule has 23 heavy (non-hydrogen) atoms. The van der Waals surface area contributed by atoms with Crippen LogP contribution in [0.1, 0.15) is 0 Å². The largest absolute Gasteiger partial charge is 0.493 e. The molecule has 2 aromatic carbocycles. The molecule has 0 bridgehead atoms. The van der Waals surface area contributed by atoms with Gasteiger partial charge in [0.15, 0.2) is 17.3 Å². The zero-order valence-electron chi connectivity index (χ0n) is 13.2. The summed E-state index contributed by atoms with van der Waals surface area (Å²) < 4.78 is 16.1. The SMILES string of the molecule is COc1ccc(-c2cc(-c3ccc(SC)cc3)no2)cc1OC. The third-order valence-electron chi connectivity index (χ3n) is 3.56. The van der Waals surface area contributed by atoms with Crippen molar-refractivity contribution in [3.05, 3.63) is 48.5 Å². The highest BCUT2D eigenvalue weighted by molar-refractivity contribution is 7.98. The maximum atomic E-state index is 5.48. The lowest BCUT2D eigenvalue weighted by Crippen LogP contribution is -1.90. The summed E-state index contributed by atoms with van der Waals surface area (Å²) in [6.07, 6.45) is 2.06. The summed E-state index contributed by atoms with van der Waals surface area (Å²) in [6.45, 7) is 0. The molecule has 4 nitrogen and oxygen atoms in total. The monoisotopic (exact) mass is 327 g/mol. The molecule has 0 saturated carbocycles. The van der Waals surface area contributed by atoms with Crippen LogP contribution in [0, 0.1) is 0 Å². The summed E-state index contributed by atoms with van der Waals surface area (Å²) >= 11 is 1.71. The summed E-state index contributed by atoms with van der Waals surface area (Å²) in [5, 5.41) is 4.16. The molecule has 1 heterocycles. The van der Waals surface area contributed by atoms with Gasteiger partial charge in [-0.1, -0.05) is 17.3 Å². The van der Waals surface area contributed by atoms with Gasteiger partial charge in [-0.3, -0.25) is 0 Å². The molecule has 0 spiro atoms. The lowest BCUT2D eigenvalue weighted by molar-refractivity contribution is 0.355. The van der Waals surface area contributed by atoms with Crippen LogP contribution in [0.4, 0.5) is 0 Å². The second-order valence-corrected chi connectivity index (χ2v) is 5.75. The maximum Gasteiger partial charge on any atom is 0.167 e. The summed E-state index contributed by atoms with van der Waals surface area (Å²) in [5.41, 5.74) is 2.72. The molecule has 3 rings (SSSR count). The molecule has 0 N–H and O–H groups in total. The first kappa shape index (κ1) is 15.5. The molecule has 0 aliphatic carbocycles. The van der Waals surface area contributed by atoms with Crippen molar-refractivity contribution in [2.75, 3.05) is 20.5 Å². The van der Waals surface area contributed by atoms with Crippen molar-refractivity contribution < 1.29 is 14.0 Å². The minimum absolute atomic E-state index is 0.660. The van der Waals surface area contributed by atoms with Gasteiger partial charge in [-0.2, -0.15) is 0 Å². The summed E-state index contributed by atoms with van der Waals surface area (Å²) in [5.74, 6) is 2.03. The molecule has 0 saturated heterocycles. The number of thioether (sulfide) groups is 1. The standard InChI is InChI=1S/C18H17NO3S/c1-20-16-9-6-13(10-18(16)21-2)17-11-15(19-22-17)12-4-7-14(23-3)8-5-12/h4-11H,1-3H3. The molecule has 1 aromatic heterocycles. The Morgan fingerprint density at radius 3 is 2.22 bits per heavy atom. The molecule has 0 aliphatic heterocycles. The first-order valence-corrected chi connectivity index (χ1v) is 8.31. The van der Waals surface area contributed by atoms with Crippen molar-refractivity contribution in [3.8, 4) is 34.1 Å². The second kappa shape index (κ2) is 6.79. The van der Waals surface area contributed by atoms with Crippen LogP contribution in [0.3, 0.4) is 0 Å². The Kier molecular flexibility index (Phi) is 4.57. The molecular weight excluding hydrogens is 310 g/mol. The predicted octanol–water partition coefficient (Wildman–Crippen LogP) is 4.75. The smallest absolute Gasteiger partial charge is 0.167 e. The fourth-order valence-electron chi connectivity index (χ4n) is 2.30. The van der Waals surface area contributed by atoms with Crippen molar-refractivity contribution in [2.45, 2.75) is 4.90 Å². The molecule has 0 atom stereocenters. The molecule has 0 fully saturated rings. The zero-order chi connectivity index (χ0) is 16.2. The predicted molar refractivity (Wildman–Crippen MR) is 92.3 cm³/mol. The zero-order valence-corrected chi connectivity index (χ0v) is 14.0. The van der Waals surface area contributed by atoms with E-state index in [9.17, 15) is 0 Å². The van der Waals surface area contributed by atoms with Crippen molar-refractivity contribution in [1.29, 1.82) is 0 Å². The van der Waals surface area contributed by atoms with E-state index >= 15 is 0 Å². The Morgan fingerprint density at radius 2 is 1.57 bits per heavy atom. The van der Waals surface area contributed by atoms with E-state index in [1.165, 1.54) is 4.90 Å². The number of benzene rings is 2. The van der Waals surface area contributed by atoms with Crippen LogP contribution in [0.15, 0.2) is 57.9 Å². The van der Waals surface area contributed by atoms with Crippen LogP contribution in [0.5, 0.6) is 11.5 Å². The van der Waals surface area contributed by atoms with Crippen LogP contribution < -0.4 is 9.47 Å². The average molecular weight is 327 g/mol. The van der Waals surface area contributed by atoms with Gasteiger partial charge in [0, 0.05) is 22.1 Å². The fourth-order valence-corrected chi connectivity index (χ4v) is 2.71. The highest BCUT2D eigenvalue weighted by Crippen LogP contribution is 2.34. The third-order valence-corrected chi connectivity index (χ3v) is 4.31. The fraction of sp³-hybridized carbons (Fsp3) is 0.167. The Bertz CT molecular complexity index is 796. The summed E-state index contributed by atoms with van der Waals surface area (Å²) in [6, 6.07) is 15.8. The van der Waals surface area contributed by atoms with Crippen LogP contribution in [0.2, 0.25) is 0 Å². The number of rotatable bonds is 5. The maximum absolute atomic E-state index is 5.48. The van der Waals surface area contributed by atoms with E-state index in [2.05, 4.69) is 23.5 Å². The highest BCUT2D eigenvalue weighted by Gasteiger charge is 2.12. The van der Waals surface area contributed by atoms with Crippen molar-refractivity contribution in [1.82, 2.24) is 5.16 Å². The first-order valence-electron chi connectivity index (χ1n) is 7.08. The molecular formula is C18H17NO3S. The van der Waals surface area contributed by atoms with Gasteiger partial charge < -0.3 is 14.0 Å². The van der Waals surface area contributed by atoms with E-state index in [1.54, 1.807) is 26.0 Å². The van der Waals surface area contributed by atoms with Gasteiger partial charge in [-0.25, -0.2) is 0 Å². The Hall–Kier alpha value is -2.40. The highest BCUT2D eigenvalue weighted by atomic mass is 32.2. The van der Waals surface area contributed by atoms with E-state index in [-0.39, 0.29) is 0 Å². The molecule has 0 unspecified atom stereocenters. The number of hydrogen-bond donors (Lipinski definition) is 0. The molecule has 0 amide bonds. The van der Waals surface area contributed by atoms with Gasteiger partial charge >= 0.3 is 0 Å². The third kappa shape index (κ3) is 3.19. The van der Waals surface area contributed by atoms with Crippen molar-refractivity contribution >= 4 is 11.8 Å². The van der Waals surface area contributed by atoms with Gasteiger partial charge in [0.05, 0.1) is 14.2 Å². The molecule has 5 heteroatoms. The first-order chi connectivity index (χ1) is 11.2. The van der Waals surface area contributed by atoms with Crippen LogP contribution >= 0.6 is 11.8 Å². The van der Waals surface area contributed by atoms with E-state index in [0.29, 0.717) is 17.3 Å². The minimum Gasteiger partial charge on any atom is -0.493 e. The van der Waals surface area contributed by atoms with E-state index in [0.717, 1.165) is 16.8 Å².